The first-order chi connectivity index (χ1) is 12.2. The number of esters is 1. The lowest BCUT2D eigenvalue weighted by atomic mass is 10.1. The summed E-state index contributed by atoms with van der Waals surface area (Å²) < 4.78 is 24.5. The largest absolute Gasteiger partial charge is 0.488 e. The fourth-order valence-electron chi connectivity index (χ4n) is 3.88. The molecule has 1 aromatic carbocycles. The summed E-state index contributed by atoms with van der Waals surface area (Å²) in [5.74, 6) is -0.141. The quantitative estimate of drug-likeness (QED) is 0.618. The Labute approximate surface area is 144 Å². The highest BCUT2D eigenvalue weighted by Gasteiger charge is 2.62. The van der Waals surface area contributed by atoms with Crippen LogP contribution in [-0.2, 0) is 9.53 Å². The van der Waals surface area contributed by atoms with Crippen molar-refractivity contribution in [3.05, 3.63) is 36.0 Å². The van der Waals surface area contributed by atoms with E-state index in [4.69, 9.17) is 9.47 Å². The Balaban J connectivity index is 1.36. The van der Waals surface area contributed by atoms with Crippen molar-refractivity contribution in [2.75, 3.05) is 13.2 Å². The summed E-state index contributed by atoms with van der Waals surface area (Å²) in [6, 6.07) is 9.43. The zero-order valence-corrected chi connectivity index (χ0v) is 13.5. The SMILES string of the molecule is N#Cc1cnc2ccccc2c1OCCOC(=O)C1C2CCC(F)C21. The summed E-state index contributed by atoms with van der Waals surface area (Å²) in [6.45, 7) is 0.211. The number of aromatic nitrogens is 1. The molecule has 4 rings (SSSR count). The number of nitriles is 1. The van der Waals surface area contributed by atoms with E-state index in [-0.39, 0.29) is 36.9 Å². The molecule has 2 fully saturated rings. The standard InChI is InChI=1S/C19H17FN2O3/c20-14-6-5-13-16(14)17(13)19(23)25-8-7-24-18-11(9-21)10-22-15-4-2-1-3-12(15)18/h1-4,10,13-14,16-17H,5-8H2. The van der Waals surface area contributed by atoms with E-state index < -0.39 is 6.17 Å². The summed E-state index contributed by atoms with van der Waals surface area (Å²) in [5.41, 5.74) is 1.07. The smallest absolute Gasteiger partial charge is 0.309 e. The lowest BCUT2D eigenvalue weighted by Gasteiger charge is -2.11. The molecule has 2 aromatic rings. The number of benzene rings is 1. The number of ether oxygens (including phenoxy) is 2. The Morgan fingerprint density at radius 3 is 2.92 bits per heavy atom. The van der Waals surface area contributed by atoms with Gasteiger partial charge < -0.3 is 9.47 Å². The van der Waals surface area contributed by atoms with Crippen LogP contribution in [0.5, 0.6) is 5.75 Å². The van der Waals surface area contributed by atoms with Gasteiger partial charge in [-0.15, -0.1) is 0 Å². The highest BCUT2D eigenvalue weighted by molar-refractivity contribution is 5.87. The van der Waals surface area contributed by atoms with E-state index >= 15 is 0 Å². The molecule has 1 heterocycles. The van der Waals surface area contributed by atoms with E-state index in [9.17, 15) is 14.4 Å². The monoisotopic (exact) mass is 340 g/mol. The van der Waals surface area contributed by atoms with Crippen LogP contribution in [0.2, 0.25) is 0 Å². The van der Waals surface area contributed by atoms with Gasteiger partial charge in [0, 0.05) is 17.5 Å². The van der Waals surface area contributed by atoms with Crippen molar-refractivity contribution in [1.82, 2.24) is 4.98 Å². The summed E-state index contributed by atoms with van der Waals surface area (Å²) in [4.78, 5) is 16.2. The molecule has 0 spiro atoms. The average molecular weight is 340 g/mol. The number of para-hydroxylation sites is 1. The molecule has 1 aromatic heterocycles. The van der Waals surface area contributed by atoms with E-state index in [2.05, 4.69) is 11.1 Å². The van der Waals surface area contributed by atoms with Crippen LogP contribution in [0.3, 0.4) is 0 Å². The number of nitrogens with zero attached hydrogens (tertiary/aromatic N) is 2. The maximum atomic E-state index is 13.5. The van der Waals surface area contributed by atoms with Gasteiger partial charge in [0.15, 0.2) is 0 Å². The molecule has 128 valence electrons. The van der Waals surface area contributed by atoms with Crippen LogP contribution in [0.25, 0.3) is 10.9 Å². The third kappa shape index (κ3) is 2.80. The van der Waals surface area contributed by atoms with Crippen LogP contribution >= 0.6 is 0 Å². The van der Waals surface area contributed by atoms with E-state index in [1.54, 1.807) is 0 Å². The van der Waals surface area contributed by atoms with Gasteiger partial charge in [-0.3, -0.25) is 9.78 Å². The minimum Gasteiger partial charge on any atom is -0.488 e. The van der Waals surface area contributed by atoms with E-state index in [1.165, 1.54) is 6.20 Å². The van der Waals surface area contributed by atoms with Crippen LogP contribution in [0.4, 0.5) is 4.39 Å². The number of pyridine rings is 1. The number of fused-ring (bicyclic) bond motifs is 2. The van der Waals surface area contributed by atoms with E-state index in [0.29, 0.717) is 17.7 Å². The van der Waals surface area contributed by atoms with E-state index in [0.717, 1.165) is 17.3 Å². The summed E-state index contributed by atoms with van der Waals surface area (Å²) in [5, 5.41) is 9.97. The number of hydrogen-bond donors (Lipinski definition) is 0. The summed E-state index contributed by atoms with van der Waals surface area (Å²) >= 11 is 0. The maximum Gasteiger partial charge on any atom is 0.309 e. The first-order valence-corrected chi connectivity index (χ1v) is 8.42. The Morgan fingerprint density at radius 1 is 1.32 bits per heavy atom. The van der Waals surface area contributed by atoms with Gasteiger partial charge >= 0.3 is 5.97 Å². The van der Waals surface area contributed by atoms with Crippen molar-refractivity contribution in [2.24, 2.45) is 17.8 Å². The minimum atomic E-state index is -0.861. The fraction of sp³-hybridized carbons (Fsp3) is 0.421. The van der Waals surface area contributed by atoms with Gasteiger partial charge in [0.05, 0.1) is 11.4 Å². The number of carbonyl (C=O) groups excluding carboxylic acids is 1. The number of hydrogen-bond acceptors (Lipinski definition) is 5. The predicted molar refractivity (Wildman–Crippen MR) is 87.5 cm³/mol. The molecule has 0 amide bonds. The molecular weight excluding hydrogens is 323 g/mol. The molecule has 0 saturated heterocycles. The molecule has 0 radical (unpaired) electrons. The van der Waals surface area contributed by atoms with E-state index in [1.807, 2.05) is 24.3 Å². The minimum absolute atomic E-state index is 0.0766. The fourth-order valence-corrected chi connectivity index (χ4v) is 3.88. The molecule has 2 aliphatic rings. The number of alkyl halides is 1. The molecule has 6 heteroatoms. The molecule has 5 nitrogen and oxygen atoms in total. The molecule has 2 saturated carbocycles. The van der Waals surface area contributed by atoms with Crippen molar-refractivity contribution >= 4 is 16.9 Å². The third-order valence-corrected chi connectivity index (χ3v) is 5.12. The van der Waals surface area contributed by atoms with Gasteiger partial charge in [0.2, 0.25) is 0 Å². The van der Waals surface area contributed by atoms with Crippen LogP contribution in [-0.4, -0.2) is 30.3 Å². The summed E-state index contributed by atoms with van der Waals surface area (Å²) in [6.07, 6.45) is 1.95. The number of carbonyl (C=O) groups is 1. The van der Waals surface area contributed by atoms with Gasteiger partial charge in [-0.25, -0.2) is 4.39 Å². The zero-order chi connectivity index (χ0) is 17.4. The lowest BCUT2D eigenvalue weighted by molar-refractivity contribution is -0.147. The molecular formula is C19H17FN2O3. The topological polar surface area (TPSA) is 72.2 Å². The zero-order valence-electron chi connectivity index (χ0n) is 13.5. The molecule has 4 unspecified atom stereocenters. The third-order valence-electron chi connectivity index (χ3n) is 5.12. The predicted octanol–water partition coefficient (Wildman–Crippen LogP) is 3.02. The molecule has 4 atom stereocenters. The van der Waals surface area contributed by atoms with Crippen molar-refractivity contribution in [2.45, 2.75) is 19.0 Å². The highest BCUT2D eigenvalue weighted by Crippen LogP contribution is 2.59. The van der Waals surface area contributed by atoms with Gasteiger partial charge in [-0.05, 0) is 30.9 Å². The Hall–Kier alpha value is -2.68. The molecule has 0 bridgehead atoms. The first kappa shape index (κ1) is 15.8. The Kier molecular flexibility index (Phi) is 4.00. The van der Waals surface area contributed by atoms with Crippen LogP contribution < -0.4 is 4.74 Å². The molecule has 0 N–H and O–H groups in total. The molecule has 2 aliphatic carbocycles. The van der Waals surface area contributed by atoms with Crippen molar-refractivity contribution in [3.8, 4) is 11.8 Å². The second kappa shape index (κ2) is 6.32. The molecule has 0 aliphatic heterocycles. The Bertz CT molecular complexity index is 863. The Morgan fingerprint density at radius 2 is 2.16 bits per heavy atom. The van der Waals surface area contributed by atoms with Crippen molar-refractivity contribution in [3.63, 3.8) is 0 Å². The number of rotatable bonds is 5. The molecule has 25 heavy (non-hydrogen) atoms. The maximum absolute atomic E-state index is 13.5. The van der Waals surface area contributed by atoms with Gasteiger partial charge in [0.25, 0.3) is 0 Å². The van der Waals surface area contributed by atoms with Crippen molar-refractivity contribution < 1.29 is 18.7 Å². The highest BCUT2D eigenvalue weighted by atomic mass is 19.1. The van der Waals surface area contributed by atoms with Gasteiger partial charge in [-0.1, -0.05) is 12.1 Å². The van der Waals surface area contributed by atoms with Crippen molar-refractivity contribution in [1.29, 1.82) is 5.26 Å². The average Bonchev–Trinajstić information content (AvgIpc) is 3.26. The van der Waals surface area contributed by atoms with Crippen LogP contribution in [0.15, 0.2) is 30.5 Å². The van der Waals surface area contributed by atoms with Gasteiger partial charge in [-0.2, -0.15) is 5.26 Å². The van der Waals surface area contributed by atoms with Crippen LogP contribution in [0, 0.1) is 29.1 Å². The van der Waals surface area contributed by atoms with Gasteiger partial charge in [0.1, 0.15) is 36.8 Å². The lowest BCUT2D eigenvalue weighted by Crippen LogP contribution is -2.17. The normalized spacial score (nSPS) is 26.7. The first-order valence-electron chi connectivity index (χ1n) is 8.42. The second-order valence-corrected chi connectivity index (χ2v) is 6.51. The summed E-state index contributed by atoms with van der Waals surface area (Å²) in [7, 11) is 0. The number of halogens is 1. The van der Waals surface area contributed by atoms with Crippen LogP contribution in [0.1, 0.15) is 18.4 Å². The second-order valence-electron chi connectivity index (χ2n) is 6.51.